The molecule has 0 aliphatic rings. The predicted molar refractivity (Wildman–Crippen MR) is 101 cm³/mol. The zero-order valence-corrected chi connectivity index (χ0v) is 15.4. The van der Waals surface area contributed by atoms with Gasteiger partial charge in [0.05, 0.1) is 12.1 Å². The van der Waals surface area contributed by atoms with Crippen molar-refractivity contribution in [1.82, 2.24) is 15.5 Å². The Labute approximate surface area is 153 Å². The summed E-state index contributed by atoms with van der Waals surface area (Å²) in [6, 6.07) is 11.3. The number of nitrogens with zero attached hydrogens (tertiary/aromatic N) is 1. The molecule has 1 heterocycles. The maximum absolute atomic E-state index is 12.3. The highest BCUT2D eigenvalue weighted by molar-refractivity contribution is 9.10. The molecular formula is C18H17BrN4O2. The molecule has 128 valence electrons. The number of rotatable bonds is 4. The van der Waals surface area contributed by atoms with Gasteiger partial charge in [0.25, 0.3) is 5.91 Å². The fraction of sp³-hybridized carbons (Fsp3) is 0.167. The smallest absolute Gasteiger partial charge is 0.272 e. The molecule has 0 saturated heterocycles. The maximum Gasteiger partial charge on any atom is 0.272 e. The number of aromatic nitrogens is 2. The summed E-state index contributed by atoms with van der Waals surface area (Å²) in [4.78, 5) is 24.4. The third-order valence-corrected chi connectivity index (χ3v) is 4.30. The molecule has 0 aliphatic carbocycles. The summed E-state index contributed by atoms with van der Waals surface area (Å²) in [5.74, 6) is -0.686. The molecule has 0 unspecified atom stereocenters. The Kier molecular flexibility index (Phi) is 4.85. The van der Waals surface area contributed by atoms with Crippen LogP contribution in [0, 0.1) is 13.8 Å². The van der Waals surface area contributed by atoms with E-state index in [1.807, 2.05) is 50.2 Å². The molecule has 0 saturated carbocycles. The van der Waals surface area contributed by atoms with Crippen LogP contribution >= 0.6 is 15.9 Å². The van der Waals surface area contributed by atoms with E-state index < -0.39 is 0 Å². The number of aromatic amines is 1. The first-order valence-electron chi connectivity index (χ1n) is 7.73. The Hall–Kier alpha value is -2.67. The summed E-state index contributed by atoms with van der Waals surface area (Å²) in [5, 5.41) is 13.0. The highest BCUT2D eigenvalue weighted by atomic mass is 79.9. The summed E-state index contributed by atoms with van der Waals surface area (Å²) in [7, 11) is 0. The van der Waals surface area contributed by atoms with E-state index in [9.17, 15) is 9.59 Å². The van der Waals surface area contributed by atoms with Gasteiger partial charge in [-0.05, 0) is 49.7 Å². The SMILES string of the molecule is Cc1ccc2[nH]nc(C(=O)NCC(=O)Nc3ccc(Br)cc3C)c2c1. The Morgan fingerprint density at radius 3 is 2.72 bits per heavy atom. The summed E-state index contributed by atoms with van der Waals surface area (Å²) < 4.78 is 0.942. The highest BCUT2D eigenvalue weighted by Gasteiger charge is 2.15. The molecule has 2 aromatic carbocycles. The van der Waals surface area contributed by atoms with Crippen LogP contribution in [0.3, 0.4) is 0 Å². The Morgan fingerprint density at radius 1 is 1.16 bits per heavy atom. The molecule has 7 heteroatoms. The number of halogens is 1. The second-order valence-electron chi connectivity index (χ2n) is 5.81. The minimum atomic E-state index is -0.389. The first-order chi connectivity index (χ1) is 11.9. The van der Waals surface area contributed by atoms with Crippen LogP contribution in [0.1, 0.15) is 21.6 Å². The van der Waals surface area contributed by atoms with Gasteiger partial charge in [-0.15, -0.1) is 0 Å². The Balaban J connectivity index is 1.65. The van der Waals surface area contributed by atoms with E-state index in [4.69, 9.17) is 0 Å². The number of benzene rings is 2. The van der Waals surface area contributed by atoms with Gasteiger partial charge in [-0.3, -0.25) is 14.7 Å². The third-order valence-electron chi connectivity index (χ3n) is 3.81. The maximum atomic E-state index is 12.3. The van der Waals surface area contributed by atoms with Gasteiger partial charge in [0.15, 0.2) is 5.69 Å². The van der Waals surface area contributed by atoms with E-state index in [0.717, 1.165) is 26.5 Å². The van der Waals surface area contributed by atoms with Crippen LogP contribution < -0.4 is 10.6 Å². The number of hydrogen-bond acceptors (Lipinski definition) is 3. The van der Waals surface area contributed by atoms with Crippen LogP contribution in [-0.2, 0) is 4.79 Å². The zero-order valence-electron chi connectivity index (χ0n) is 13.8. The highest BCUT2D eigenvalue weighted by Crippen LogP contribution is 2.20. The lowest BCUT2D eigenvalue weighted by Crippen LogP contribution is -2.33. The van der Waals surface area contributed by atoms with E-state index >= 15 is 0 Å². The summed E-state index contributed by atoms with van der Waals surface area (Å²) in [6.07, 6.45) is 0. The number of H-pyrrole nitrogens is 1. The molecule has 3 rings (SSSR count). The number of amides is 2. The van der Waals surface area contributed by atoms with Gasteiger partial charge in [-0.1, -0.05) is 27.6 Å². The normalized spacial score (nSPS) is 10.7. The molecule has 25 heavy (non-hydrogen) atoms. The van der Waals surface area contributed by atoms with E-state index in [2.05, 4.69) is 36.8 Å². The van der Waals surface area contributed by atoms with Crippen molar-refractivity contribution in [3.8, 4) is 0 Å². The van der Waals surface area contributed by atoms with Gasteiger partial charge in [0.2, 0.25) is 5.91 Å². The monoisotopic (exact) mass is 400 g/mol. The van der Waals surface area contributed by atoms with Crippen molar-refractivity contribution in [3.05, 3.63) is 57.7 Å². The van der Waals surface area contributed by atoms with E-state index in [-0.39, 0.29) is 24.1 Å². The van der Waals surface area contributed by atoms with Crippen molar-refractivity contribution in [2.24, 2.45) is 0 Å². The van der Waals surface area contributed by atoms with Crippen molar-refractivity contribution in [1.29, 1.82) is 0 Å². The molecule has 3 N–H and O–H groups in total. The quantitative estimate of drug-likeness (QED) is 0.627. The molecule has 0 fully saturated rings. The fourth-order valence-electron chi connectivity index (χ4n) is 2.51. The minimum Gasteiger partial charge on any atom is -0.342 e. The van der Waals surface area contributed by atoms with Crippen LogP contribution in [0.25, 0.3) is 10.9 Å². The first kappa shape index (κ1) is 17.2. The van der Waals surface area contributed by atoms with Gasteiger partial charge >= 0.3 is 0 Å². The number of aryl methyl sites for hydroxylation is 2. The van der Waals surface area contributed by atoms with Gasteiger partial charge in [-0.2, -0.15) is 5.10 Å². The largest absolute Gasteiger partial charge is 0.342 e. The molecule has 0 spiro atoms. The van der Waals surface area contributed by atoms with Gasteiger partial charge in [0.1, 0.15) is 0 Å². The second kappa shape index (κ2) is 7.06. The average molecular weight is 401 g/mol. The molecule has 0 radical (unpaired) electrons. The molecular weight excluding hydrogens is 384 g/mol. The zero-order chi connectivity index (χ0) is 18.0. The fourth-order valence-corrected chi connectivity index (χ4v) is 2.98. The number of nitrogens with one attached hydrogen (secondary N) is 3. The molecule has 0 aliphatic heterocycles. The lowest BCUT2D eigenvalue weighted by atomic mass is 10.1. The van der Waals surface area contributed by atoms with Crippen molar-refractivity contribution >= 4 is 44.3 Å². The number of carbonyl (C=O) groups excluding carboxylic acids is 2. The molecule has 0 atom stereocenters. The number of hydrogen-bond donors (Lipinski definition) is 3. The lowest BCUT2D eigenvalue weighted by Gasteiger charge is -2.09. The predicted octanol–water partition coefficient (Wildman–Crippen LogP) is 3.31. The van der Waals surface area contributed by atoms with Crippen molar-refractivity contribution in [2.75, 3.05) is 11.9 Å². The van der Waals surface area contributed by atoms with Crippen molar-refractivity contribution in [2.45, 2.75) is 13.8 Å². The molecule has 1 aromatic heterocycles. The number of carbonyl (C=O) groups is 2. The molecule has 0 bridgehead atoms. The number of fused-ring (bicyclic) bond motifs is 1. The lowest BCUT2D eigenvalue weighted by molar-refractivity contribution is -0.115. The molecule has 3 aromatic rings. The summed E-state index contributed by atoms with van der Waals surface area (Å²) in [6.45, 7) is 3.72. The van der Waals surface area contributed by atoms with Crippen LogP contribution in [0.5, 0.6) is 0 Å². The van der Waals surface area contributed by atoms with Gasteiger partial charge in [0, 0.05) is 15.5 Å². The van der Waals surface area contributed by atoms with Crippen LogP contribution in [0.2, 0.25) is 0 Å². The first-order valence-corrected chi connectivity index (χ1v) is 8.52. The third kappa shape index (κ3) is 3.88. The number of anilines is 1. The van der Waals surface area contributed by atoms with Gasteiger partial charge in [-0.25, -0.2) is 0 Å². The summed E-state index contributed by atoms with van der Waals surface area (Å²) in [5.41, 5.74) is 3.74. The van der Waals surface area contributed by atoms with Gasteiger partial charge < -0.3 is 10.6 Å². The Bertz CT molecular complexity index is 965. The van der Waals surface area contributed by atoms with Crippen molar-refractivity contribution < 1.29 is 9.59 Å². The summed E-state index contributed by atoms with van der Waals surface area (Å²) >= 11 is 3.38. The average Bonchev–Trinajstić information content (AvgIpc) is 2.98. The van der Waals surface area contributed by atoms with Crippen LogP contribution in [-0.4, -0.2) is 28.6 Å². The van der Waals surface area contributed by atoms with Crippen LogP contribution in [0.15, 0.2) is 40.9 Å². The minimum absolute atomic E-state index is 0.130. The second-order valence-corrected chi connectivity index (χ2v) is 6.73. The topological polar surface area (TPSA) is 86.9 Å². The van der Waals surface area contributed by atoms with E-state index in [0.29, 0.717) is 5.69 Å². The van der Waals surface area contributed by atoms with Crippen LogP contribution in [0.4, 0.5) is 5.69 Å². The van der Waals surface area contributed by atoms with E-state index in [1.54, 1.807) is 0 Å². The van der Waals surface area contributed by atoms with Crippen molar-refractivity contribution in [3.63, 3.8) is 0 Å². The standard InChI is InChI=1S/C18H17BrN4O2/c1-10-3-5-15-13(7-10)17(23-22-15)18(25)20-9-16(24)21-14-6-4-12(19)8-11(14)2/h3-8H,9H2,1-2H3,(H,20,25)(H,21,24)(H,22,23). The Morgan fingerprint density at radius 2 is 1.96 bits per heavy atom. The molecule has 6 nitrogen and oxygen atoms in total. The molecule has 2 amide bonds. The van der Waals surface area contributed by atoms with E-state index in [1.165, 1.54) is 0 Å².